The molecule has 0 N–H and O–H groups in total. The maximum Gasteiger partial charge on any atom is 0.139 e. The average molecular weight is 164 g/mol. The van der Waals surface area contributed by atoms with E-state index in [9.17, 15) is 4.79 Å². The van der Waals surface area contributed by atoms with Crippen molar-refractivity contribution in [1.82, 2.24) is 0 Å². The molecule has 0 aromatic heterocycles. The number of Topliss-reactive ketones (excluding diaryl/α,β-unsaturated/α-hetero) is 1. The third-order valence-corrected chi connectivity index (χ3v) is 3.14. The van der Waals surface area contributed by atoms with Gasteiger partial charge in [0, 0.05) is 12.3 Å². The van der Waals surface area contributed by atoms with E-state index in [1.807, 2.05) is 0 Å². The summed E-state index contributed by atoms with van der Waals surface area (Å²) in [6.07, 6.45) is 7.84. The fourth-order valence-electron chi connectivity index (χ4n) is 2.42. The first-order valence-electron chi connectivity index (χ1n) is 5.00. The van der Waals surface area contributed by atoms with Gasteiger partial charge in [0.05, 0.1) is 0 Å². The van der Waals surface area contributed by atoms with E-state index in [0.717, 1.165) is 19.3 Å². The van der Waals surface area contributed by atoms with E-state index in [4.69, 9.17) is 0 Å². The Hall–Kier alpha value is -0.590. The van der Waals surface area contributed by atoms with Crippen LogP contribution in [-0.2, 0) is 4.79 Å². The van der Waals surface area contributed by atoms with Crippen LogP contribution in [0.4, 0.5) is 0 Å². The van der Waals surface area contributed by atoms with Gasteiger partial charge in [-0.05, 0) is 31.6 Å². The van der Waals surface area contributed by atoms with E-state index in [2.05, 4.69) is 13.0 Å². The van der Waals surface area contributed by atoms with Crippen molar-refractivity contribution in [2.75, 3.05) is 0 Å². The number of rotatable bonds is 1. The van der Waals surface area contributed by atoms with Crippen LogP contribution in [0.5, 0.6) is 0 Å². The van der Waals surface area contributed by atoms with Crippen LogP contribution in [-0.4, -0.2) is 5.78 Å². The van der Waals surface area contributed by atoms with Crippen molar-refractivity contribution in [1.29, 1.82) is 0 Å². The highest BCUT2D eigenvalue weighted by atomic mass is 16.1. The third-order valence-electron chi connectivity index (χ3n) is 3.14. The largest absolute Gasteiger partial charge is 0.299 e. The highest BCUT2D eigenvalue weighted by Crippen LogP contribution is 2.36. The van der Waals surface area contributed by atoms with Crippen LogP contribution in [0.2, 0.25) is 0 Å². The van der Waals surface area contributed by atoms with Gasteiger partial charge in [-0.25, -0.2) is 0 Å². The van der Waals surface area contributed by atoms with Gasteiger partial charge >= 0.3 is 0 Å². The molecule has 2 rings (SSSR count). The van der Waals surface area contributed by atoms with E-state index >= 15 is 0 Å². The molecule has 66 valence electrons. The molecule has 0 spiro atoms. The maximum absolute atomic E-state index is 11.4. The zero-order chi connectivity index (χ0) is 8.55. The van der Waals surface area contributed by atoms with Crippen LogP contribution in [0, 0.1) is 11.8 Å². The number of carbonyl (C=O) groups excluding carboxylic acids is 1. The molecule has 0 amide bonds. The first-order valence-corrected chi connectivity index (χ1v) is 5.00. The van der Waals surface area contributed by atoms with Gasteiger partial charge in [-0.1, -0.05) is 18.6 Å². The molecule has 2 aliphatic rings. The Balaban J connectivity index is 2.09. The second-order valence-corrected chi connectivity index (χ2v) is 4.17. The Morgan fingerprint density at radius 1 is 1.33 bits per heavy atom. The molecule has 1 nitrogen and oxygen atoms in total. The molecule has 1 saturated carbocycles. The van der Waals surface area contributed by atoms with Gasteiger partial charge in [0.25, 0.3) is 0 Å². The van der Waals surface area contributed by atoms with Gasteiger partial charge < -0.3 is 0 Å². The van der Waals surface area contributed by atoms with Crippen molar-refractivity contribution in [2.24, 2.45) is 11.8 Å². The predicted octanol–water partition coefficient (Wildman–Crippen LogP) is 2.71. The van der Waals surface area contributed by atoms with E-state index in [1.54, 1.807) is 0 Å². The van der Waals surface area contributed by atoms with Crippen molar-refractivity contribution < 1.29 is 4.79 Å². The van der Waals surface area contributed by atoms with Gasteiger partial charge in [-0.15, -0.1) is 0 Å². The summed E-state index contributed by atoms with van der Waals surface area (Å²) in [7, 11) is 0. The van der Waals surface area contributed by atoms with Crippen molar-refractivity contribution in [3.8, 4) is 0 Å². The Kier molecular flexibility index (Phi) is 2.03. The highest BCUT2D eigenvalue weighted by Gasteiger charge is 2.29. The van der Waals surface area contributed by atoms with Crippen molar-refractivity contribution in [2.45, 2.75) is 39.0 Å². The fourth-order valence-corrected chi connectivity index (χ4v) is 2.42. The summed E-state index contributed by atoms with van der Waals surface area (Å²) in [4.78, 5) is 11.4. The van der Waals surface area contributed by atoms with Crippen LogP contribution in [0.25, 0.3) is 0 Å². The topological polar surface area (TPSA) is 17.1 Å². The summed E-state index contributed by atoms with van der Waals surface area (Å²) in [6, 6.07) is 0. The number of ketones is 1. The van der Waals surface area contributed by atoms with Gasteiger partial charge in [-0.3, -0.25) is 4.79 Å². The SMILES string of the molecule is CC1C=C(C2CCCC2=O)CC1. The lowest BCUT2D eigenvalue weighted by Gasteiger charge is -2.07. The Morgan fingerprint density at radius 2 is 2.17 bits per heavy atom. The number of allylic oxidation sites excluding steroid dienone is 2. The van der Waals surface area contributed by atoms with Gasteiger partial charge in [0.1, 0.15) is 5.78 Å². The standard InChI is InChI=1S/C11H16O/c1-8-5-6-9(7-8)10-3-2-4-11(10)12/h7-8,10H,2-6H2,1H3. The summed E-state index contributed by atoms with van der Waals surface area (Å²) in [6.45, 7) is 2.24. The minimum absolute atomic E-state index is 0.329. The summed E-state index contributed by atoms with van der Waals surface area (Å²) < 4.78 is 0. The molecule has 0 bridgehead atoms. The minimum atomic E-state index is 0.329. The lowest BCUT2D eigenvalue weighted by Crippen LogP contribution is -2.07. The summed E-state index contributed by atoms with van der Waals surface area (Å²) >= 11 is 0. The van der Waals surface area contributed by atoms with E-state index in [1.165, 1.54) is 18.4 Å². The van der Waals surface area contributed by atoms with Crippen LogP contribution in [0.15, 0.2) is 11.6 Å². The second-order valence-electron chi connectivity index (χ2n) is 4.17. The molecule has 0 aromatic rings. The van der Waals surface area contributed by atoms with Crippen LogP contribution in [0.3, 0.4) is 0 Å². The average Bonchev–Trinajstić information content (AvgIpc) is 2.58. The lowest BCUT2D eigenvalue weighted by atomic mass is 9.96. The van der Waals surface area contributed by atoms with Gasteiger partial charge in [0.2, 0.25) is 0 Å². The molecule has 2 aliphatic carbocycles. The first kappa shape index (κ1) is 8.03. The van der Waals surface area contributed by atoms with Gasteiger partial charge in [0.15, 0.2) is 0 Å². The molecule has 0 aliphatic heterocycles. The summed E-state index contributed by atoms with van der Waals surface area (Å²) in [5.41, 5.74) is 1.45. The number of hydrogen-bond donors (Lipinski definition) is 0. The smallest absolute Gasteiger partial charge is 0.139 e. The quantitative estimate of drug-likeness (QED) is 0.544. The lowest BCUT2D eigenvalue weighted by molar-refractivity contribution is -0.119. The van der Waals surface area contributed by atoms with E-state index in [0.29, 0.717) is 17.6 Å². The van der Waals surface area contributed by atoms with Crippen LogP contribution >= 0.6 is 0 Å². The number of hydrogen-bond acceptors (Lipinski definition) is 1. The zero-order valence-electron chi connectivity index (χ0n) is 7.68. The second kappa shape index (κ2) is 3.04. The maximum atomic E-state index is 11.4. The normalized spacial score (nSPS) is 35.8. The molecular weight excluding hydrogens is 148 g/mol. The minimum Gasteiger partial charge on any atom is -0.299 e. The Morgan fingerprint density at radius 3 is 2.67 bits per heavy atom. The molecule has 1 fully saturated rings. The summed E-state index contributed by atoms with van der Waals surface area (Å²) in [5.74, 6) is 1.54. The van der Waals surface area contributed by atoms with Crippen molar-refractivity contribution in [3.63, 3.8) is 0 Å². The first-order chi connectivity index (χ1) is 5.77. The van der Waals surface area contributed by atoms with Crippen LogP contribution in [0.1, 0.15) is 39.0 Å². The molecule has 1 heteroatoms. The molecule has 0 heterocycles. The van der Waals surface area contributed by atoms with Crippen LogP contribution < -0.4 is 0 Å². The Bertz CT molecular complexity index is 227. The molecular formula is C11H16O. The molecule has 12 heavy (non-hydrogen) atoms. The molecule has 2 atom stereocenters. The Labute approximate surface area is 73.8 Å². The highest BCUT2D eigenvalue weighted by molar-refractivity contribution is 5.85. The predicted molar refractivity (Wildman–Crippen MR) is 48.8 cm³/mol. The third kappa shape index (κ3) is 1.33. The van der Waals surface area contributed by atoms with E-state index < -0.39 is 0 Å². The molecule has 0 aromatic carbocycles. The van der Waals surface area contributed by atoms with Crippen molar-refractivity contribution in [3.05, 3.63) is 11.6 Å². The fraction of sp³-hybridized carbons (Fsp3) is 0.727. The van der Waals surface area contributed by atoms with E-state index in [-0.39, 0.29) is 0 Å². The molecule has 0 radical (unpaired) electrons. The molecule has 0 saturated heterocycles. The summed E-state index contributed by atoms with van der Waals surface area (Å²) in [5, 5.41) is 0. The number of carbonyl (C=O) groups is 1. The zero-order valence-corrected chi connectivity index (χ0v) is 7.68. The van der Waals surface area contributed by atoms with Gasteiger partial charge in [-0.2, -0.15) is 0 Å². The van der Waals surface area contributed by atoms with Crippen molar-refractivity contribution >= 4 is 5.78 Å². The molecule has 2 unspecified atom stereocenters. The monoisotopic (exact) mass is 164 g/mol.